The van der Waals surface area contributed by atoms with Crippen LogP contribution in [0.3, 0.4) is 0 Å². The summed E-state index contributed by atoms with van der Waals surface area (Å²) in [4.78, 5) is 19.8. The molecule has 0 amide bonds. The molecule has 0 saturated carbocycles. The number of esters is 1. The third-order valence-electron chi connectivity index (χ3n) is 3.30. The first kappa shape index (κ1) is 14.8. The van der Waals surface area contributed by atoms with Gasteiger partial charge in [-0.2, -0.15) is 0 Å². The Bertz CT molecular complexity index is 861. The Balaban J connectivity index is 2.27. The van der Waals surface area contributed by atoms with Crippen molar-refractivity contribution in [1.82, 2.24) is 14.5 Å². The Morgan fingerprint density at radius 2 is 2.00 bits per heavy atom. The standard InChI is InChI=1S/C15H11Cl2N3O2/c1-22-12(21)7-20-6-10(9-4-2-3-5-11(9)16)13-14(17)18-8-19-15(13)20/h2-6,8H,7H2,1H3. The Morgan fingerprint density at radius 1 is 1.23 bits per heavy atom. The maximum Gasteiger partial charge on any atom is 0.325 e. The minimum absolute atomic E-state index is 0.0325. The average Bonchev–Trinajstić information content (AvgIpc) is 2.87. The Kier molecular flexibility index (Phi) is 4.00. The number of halogens is 2. The van der Waals surface area contributed by atoms with Gasteiger partial charge in [0.2, 0.25) is 0 Å². The van der Waals surface area contributed by atoms with Crippen molar-refractivity contribution in [2.45, 2.75) is 6.54 Å². The highest BCUT2D eigenvalue weighted by atomic mass is 35.5. The third-order valence-corrected chi connectivity index (χ3v) is 3.91. The molecule has 3 rings (SSSR count). The first-order chi connectivity index (χ1) is 10.6. The highest BCUT2D eigenvalue weighted by molar-refractivity contribution is 6.36. The molecule has 0 N–H and O–H groups in total. The summed E-state index contributed by atoms with van der Waals surface area (Å²) < 4.78 is 6.38. The lowest BCUT2D eigenvalue weighted by molar-refractivity contribution is -0.141. The summed E-state index contributed by atoms with van der Waals surface area (Å²) >= 11 is 12.5. The van der Waals surface area contributed by atoms with Crippen molar-refractivity contribution >= 4 is 40.2 Å². The lowest BCUT2D eigenvalue weighted by atomic mass is 10.1. The van der Waals surface area contributed by atoms with Gasteiger partial charge in [-0.1, -0.05) is 41.4 Å². The second-order valence-electron chi connectivity index (χ2n) is 4.59. The molecular formula is C15H11Cl2N3O2. The normalized spacial score (nSPS) is 10.9. The van der Waals surface area contributed by atoms with Gasteiger partial charge in [0.25, 0.3) is 0 Å². The van der Waals surface area contributed by atoms with Crippen molar-refractivity contribution in [3.63, 3.8) is 0 Å². The zero-order chi connectivity index (χ0) is 15.7. The molecular weight excluding hydrogens is 325 g/mol. The highest BCUT2D eigenvalue weighted by Gasteiger charge is 2.18. The number of benzene rings is 1. The van der Waals surface area contributed by atoms with Crippen LogP contribution in [0.2, 0.25) is 10.2 Å². The van der Waals surface area contributed by atoms with Crippen molar-refractivity contribution in [2.24, 2.45) is 0 Å². The van der Waals surface area contributed by atoms with Gasteiger partial charge in [-0.15, -0.1) is 0 Å². The van der Waals surface area contributed by atoms with E-state index in [1.807, 2.05) is 18.2 Å². The second-order valence-corrected chi connectivity index (χ2v) is 5.35. The van der Waals surface area contributed by atoms with E-state index in [2.05, 4.69) is 9.97 Å². The van der Waals surface area contributed by atoms with Crippen molar-refractivity contribution in [2.75, 3.05) is 7.11 Å². The van der Waals surface area contributed by atoms with Crippen LogP contribution in [0.15, 0.2) is 36.8 Å². The molecule has 0 unspecified atom stereocenters. The van der Waals surface area contributed by atoms with Crippen LogP contribution in [0.25, 0.3) is 22.2 Å². The molecule has 0 saturated heterocycles. The lowest BCUT2D eigenvalue weighted by Gasteiger charge is -2.02. The molecule has 2 aromatic heterocycles. The van der Waals surface area contributed by atoms with Gasteiger partial charge >= 0.3 is 5.97 Å². The minimum Gasteiger partial charge on any atom is -0.468 e. The van der Waals surface area contributed by atoms with Crippen LogP contribution in [-0.2, 0) is 16.1 Å². The monoisotopic (exact) mass is 335 g/mol. The van der Waals surface area contributed by atoms with Gasteiger partial charge in [0.15, 0.2) is 0 Å². The molecule has 3 aromatic rings. The van der Waals surface area contributed by atoms with Crippen LogP contribution in [0.5, 0.6) is 0 Å². The van der Waals surface area contributed by atoms with E-state index in [0.29, 0.717) is 21.2 Å². The average molecular weight is 336 g/mol. The van der Waals surface area contributed by atoms with E-state index in [9.17, 15) is 4.79 Å². The molecule has 0 aliphatic carbocycles. The number of aromatic nitrogens is 3. The van der Waals surface area contributed by atoms with Gasteiger partial charge in [0, 0.05) is 22.3 Å². The largest absolute Gasteiger partial charge is 0.468 e. The minimum atomic E-state index is -0.377. The van der Waals surface area contributed by atoms with Crippen LogP contribution in [0, 0.1) is 0 Å². The molecule has 5 nitrogen and oxygen atoms in total. The third kappa shape index (κ3) is 2.53. The van der Waals surface area contributed by atoms with Crippen LogP contribution in [0.4, 0.5) is 0 Å². The molecule has 22 heavy (non-hydrogen) atoms. The fraction of sp³-hybridized carbons (Fsp3) is 0.133. The molecule has 112 valence electrons. The number of rotatable bonds is 3. The fourth-order valence-corrected chi connectivity index (χ4v) is 2.76. The number of carbonyl (C=O) groups is 1. The predicted octanol–water partition coefficient (Wildman–Crippen LogP) is 3.58. The van der Waals surface area contributed by atoms with E-state index >= 15 is 0 Å². The summed E-state index contributed by atoms with van der Waals surface area (Å²) in [6, 6.07) is 7.39. The quantitative estimate of drug-likeness (QED) is 0.542. The van der Waals surface area contributed by atoms with Crippen molar-refractivity contribution in [1.29, 1.82) is 0 Å². The van der Waals surface area contributed by atoms with Gasteiger partial charge in [0.05, 0.1) is 12.5 Å². The summed E-state index contributed by atoms with van der Waals surface area (Å²) in [5.74, 6) is -0.377. The molecule has 7 heteroatoms. The van der Waals surface area contributed by atoms with Crippen molar-refractivity contribution in [3.05, 3.63) is 47.0 Å². The first-order valence-electron chi connectivity index (χ1n) is 6.43. The summed E-state index contributed by atoms with van der Waals surface area (Å²) in [5, 5.41) is 1.55. The van der Waals surface area contributed by atoms with Crippen LogP contribution >= 0.6 is 23.2 Å². The predicted molar refractivity (Wildman–Crippen MR) is 85.0 cm³/mol. The number of hydrogen-bond acceptors (Lipinski definition) is 4. The molecule has 1 aromatic carbocycles. The number of methoxy groups -OCH3 is 1. The van der Waals surface area contributed by atoms with Gasteiger partial charge in [-0.3, -0.25) is 4.79 Å². The maximum atomic E-state index is 11.6. The molecule has 0 radical (unpaired) electrons. The van der Waals surface area contributed by atoms with E-state index in [1.54, 1.807) is 16.8 Å². The molecule has 0 aliphatic heterocycles. The number of hydrogen-bond donors (Lipinski definition) is 0. The summed E-state index contributed by atoms with van der Waals surface area (Å²) in [5.41, 5.74) is 2.13. The second kappa shape index (κ2) is 5.94. The number of ether oxygens (including phenoxy) is 1. The molecule has 0 spiro atoms. The summed E-state index contributed by atoms with van der Waals surface area (Å²) in [7, 11) is 1.34. The van der Waals surface area contributed by atoms with Crippen LogP contribution in [-0.4, -0.2) is 27.6 Å². The molecule has 0 fully saturated rings. The maximum absolute atomic E-state index is 11.6. The van der Waals surface area contributed by atoms with Crippen LogP contribution < -0.4 is 0 Å². The van der Waals surface area contributed by atoms with E-state index in [0.717, 1.165) is 11.1 Å². The molecule has 0 bridgehead atoms. The zero-order valence-corrected chi connectivity index (χ0v) is 13.1. The van der Waals surface area contributed by atoms with E-state index < -0.39 is 0 Å². The van der Waals surface area contributed by atoms with E-state index in [4.69, 9.17) is 27.9 Å². The van der Waals surface area contributed by atoms with Crippen molar-refractivity contribution < 1.29 is 9.53 Å². The number of nitrogens with zero attached hydrogens (tertiary/aromatic N) is 3. The van der Waals surface area contributed by atoms with Gasteiger partial charge < -0.3 is 9.30 Å². The Morgan fingerprint density at radius 3 is 2.73 bits per heavy atom. The lowest BCUT2D eigenvalue weighted by Crippen LogP contribution is -2.10. The molecule has 0 aliphatic rings. The molecule has 0 atom stereocenters. The van der Waals surface area contributed by atoms with Crippen LogP contribution in [0.1, 0.15) is 0 Å². The summed E-state index contributed by atoms with van der Waals surface area (Å²) in [6.07, 6.45) is 3.14. The van der Waals surface area contributed by atoms with Gasteiger partial charge in [-0.25, -0.2) is 9.97 Å². The zero-order valence-electron chi connectivity index (χ0n) is 11.6. The number of carbonyl (C=O) groups excluding carboxylic acids is 1. The SMILES string of the molecule is COC(=O)Cn1cc(-c2ccccc2Cl)c2c(Cl)ncnc21. The number of fused-ring (bicyclic) bond motifs is 1. The van der Waals surface area contributed by atoms with E-state index in [-0.39, 0.29) is 12.5 Å². The first-order valence-corrected chi connectivity index (χ1v) is 7.18. The smallest absolute Gasteiger partial charge is 0.325 e. The van der Waals surface area contributed by atoms with Gasteiger partial charge in [0.1, 0.15) is 23.7 Å². The summed E-state index contributed by atoms with van der Waals surface area (Å²) in [6.45, 7) is 0.0325. The topological polar surface area (TPSA) is 57.0 Å². The van der Waals surface area contributed by atoms with E-state index in [1.165, 1.54) is 13.4 Å². The van der Waals surface area contributed by atoms with Gasteiger partial charge in [-0.05, 0) is 6.07 Å². The molecule has 2 heterocycles. The Hall–Kier alpha value is -2.11. The highest BCUT2D eigenvalue weighted by Crippen LogP contribution is 2.36. The fourth-order valence-electron chi connectivity index (χ4n) is 2.29. The Labute approximate surface area is 136 Å². The van der Waals surface area contributed by atoms with Crippen molar-refractivity contribution in [3.8, 4) is 11.1 Å².